The number of nitrogens with zero attached hydrogens (tertiary/aromatic N) is 2. The van der Waals surface area contributed by atoms with Crippen LogP contribution in [0, 0.1) is 15.9 Å². The van der Waals surface area contributed by atoms with E-state index >= 15 is 0 Å². The number of halogens is 1. The molecular formula is C18H20FN3O6S. The molecule has 11 heteroatoms. The van der Waals surface area contributed by atoms with E-state index < -0.39 is 32.4 Å². The number of anilines is 1. The molecule has 9 nitrogen and oxygen atoms in total. The number of nitrogens with one attached hydrogen (secondary N) is 1. The highest BCUT2D eigenvalue weighted by Gasteiger charge is 2.21. The van der Waals surface area contributed by atoms with E-state index in [1.54, 1.807) is 0 Å². The Hall–Kier alpha value is -3.05. The lowest BCUT2D eigenvalue weighted by molar-refractivity contribution is -0.387. The average molecular weight is 425 g/mol. The fourth-order valence-corrected chi connectivity index (χ4v) is 3.67. The molecule has 156 valence electrons. The largest absolute Gasteiger partial charge is 0.497 e. The van der Waals surface area contributed by atoms with Gasteiger partial charge in [0.15, 0.2) is 0 Å². The number of carbonyl (C=O) groups excluding carboxylic acids is 1. The Bertz CT molecular complexity index is 995. The Balaban J connectivity index is 1.90. The number of amides is 1. The predicted octanol–water partition coefficient (Wildman–Crippen LogP) is 2.78. The first-order chi connectivity index (χ1) is 13.6. The standard InChI is InChI=1S/C18H20FN3O6S/c1-21(29(26,27)15-8-6-14(28-2)7-9-15)11-3-4-18(23)20-13-5-10-16(19)17(12-13)22(24)25/h5-10,12H,3-4,11H2,1-2H3,(H,20,23). The van der Waals surface area contributed by atoms with Gasteiger partial charge in [0.2, 0.25) is 21.7 Å². The van der Waals surface area contributed by atoms with Gasteiger partial charge in [-0.2, -0.15) is 4.39 Å². The molecule has 0 fully saturated rings. The van der Waals surface area contributed by atoms with E-state index in [2.05, 4.69) is 5.32 Å². The molecule has 2 aromatic carbocycles. The van der Waals surface area contributed by atoms with Gasteiger partial charge in [0.05, 0.1) is 16.9 Å². The van der Waals surface area contributed by atoms with Crippen molar-refractivity contribution in [3.63, 3.8) is 0 Å². The number of methoxy groups -OCH3 is 1. The average Bonchev–Trinajstić information content (AvgIpc) is 2.69. The number of benzene rings is 2. The summed E-state index contributed by atoms with van der Waals surface area (Å²) in [5.74, 6) is -0.941. The lowest BCUT2D eigenvalue weighted by Gasteiger charge is -2.17. The van der Waals surface area contributed by atoms with Crippen LogP contribution >= 0.6 is 0 Å². The van der Waals surface area contributed by atoms with Crippen molar-refractivity contribution in [3.8, 4) is 5.75 Å². The summed E-state index contributed by atoms with van der Waals surface area (Å²) in [6, 6.07) is 8.96. The monoisotopic (exact) mass is 425 g/mol. The number of rotatable bonds is 9. The van der Waals surface area contributed by atoms with Crippen LogP contribution in [0.1, 0.15) is 12.8 Å². The summed E-state index contributed by atoms with van der Waals surface area (Å²) in [7, 11) is -0.831. The topological polar surface area (TPSA) is 119 Å². The maximum Gasteiger partial charge on any atom is 0.306 e. The molecule has 0 unspecified atom stereocenters. The molecule has 0 atom stereocenters. The van der Waals surface area contributed by atoms with Crippen molar-refractivity contribution < 1.29 is 27.3 Å². The van der Waals surface area contributed by atoms with Crippen LogP contribution in [0.25, 0.3) is 0 Å². The van der Waals surface area contributed by atoms with Gasteiger partial charge in [0.1, 0.15) is 5.75 Å². The third-order valence-corrected chi connectivity index (χ3v) is 5.94. The quantitative estimate of drug-likeness (QED) is 0.487. The first-order valence-corrected chi connectivity index (χ1v) is 9.93. The molecule has 0 aliphatic carbocycles. The summed E-state index contributed by atoms with van der Waals surface area (Å²) in [5, 5.41) is 13.2. The maximum absolute atomic E-state index is 13.3. The Labute approximate surface area is 167 Å². The van der Waals surface area contributed by atoms with Gasteiger partial charge in [-0.05, 0) is 42.8 Å². The normalized spacial score (nSPS) is 11.3. The Morgan fingerprint density at radius 2 is 1.90 bits per heavy atom. The first kappa shape index (κ1) is 22.2. The highest BCUT2D eigenvalue weighted by Crippen LogP contribution is 2.22. The van der Waals surface area contributed by atoms with Gasteiger partial charge in [0.25, 0.3) is 0 Å². The molecule has 0 spiro atoms. The van der Waals surface area contributed by atoms with Gasteiger partial charge in [-0.3, -0.25) is 14.9 Å². The zero-order valence-electron chi connectivity index (χ0n) is 15.8. The summed E-state index contributed by atoms with van der Waals surface area (Å²) >= 11 is 0. The predicted molar refractivity (Wildman–Crippen MR) is 104 cm³/mol. The van der Waals surface area contributed by atoms with E-state index in [-0.39, 0.29) is 30.0 Å². The Morgan fingerprint density at radius 1 is 1.24 bits per heavy atom. The van der Waals surface area contributed by atoms with Crippen molar-refractivity contribution in [1.29, 1.82) is 0 Å². The molecule has 2 rings (SSSR count). The van der Waals surface area contributed by atoms with Crippen LogP contribution in [0.4, 0.5) is 15.8 Å². The summed E-state index contributed by atoms with van der Waals surface area (Å²) in [4.78, 5) is 21.9. The second-order valence-electron chi connectivity index (χ2n) is 6.08. The highest BCUT2D eigenvalue weighted by atomic mass is 32.2. The van der Waals surface area contributed by atoms with E-state index in [0.29, 0.717) is 5.75 Å². The van der Waals surface area contributed by atoms with Crippen LogP contribution in [-0.2, 0) is 14.8 Å². The zero-order valence-corrected chi connectivity index (χ0v) is 16.6. The van der Waals surface area contributed by atoms with Gasteiger partial charge in [-0.1, -0.05) is 0 Å². The molecule has 1 amide bonds. The number of hydrogen-bond donors (Lipinski definition) is 1. The molecule has 1 N–H and O–H groups in total. The van der Waals surface area contributed by atoms with Crippen molar-refractivity contribution in [2.75, 3.05) is 26.0 Å². The van der Waals surface area contributed by atoms with E-state index in [4.69, 9.17) is 4.74 Å². The lowest BCUT2D eigenvalue weighted by Crippen LogP contribution is -2.28. The Kier molecular flexibility index (Phi) is 7.23. The SMILES string of the molecule is COc1ccc(S(=O)(=O)N(C)CCCC(=O)Nc2ccc(F)c([N+](=O)[O-])c2)cc1. The summed E-state index contributed by atoms with van der Waals surface area (Å²) in [6.45, 7) is 0.0886. The fraction of sp³-hybridized carbons (Fsp3) is 0.278. The van der Waals surface area contributed by atoms with Crippen LogP contribution in [-0.4, -0.2) is 44.3 Å². The number of nitro groups is 1. The minimum Gasteiger partial charge on any atom is -0.497 e. The van der Waals surface area contributed by atoms with Crippen LogP contribution in [0.5, 0.6) is 5.75 Å². The number of sulfonamides is 1. The minimum atomic E-state index is -3.71. The molecule has 29 heavy (non-hydrogen) atoms. The number of carbonyl (C=O) groups is 1. The van der Waals surface area contributed by atoms with Crippen LogP contribution < -0.4 is 10.1 Å². The first-order valence-electron chi connectivity index (χ1n) is 8.49. The maximum atomic E-state index is 13.3. The van der Waals surface area contributed by atoms with Gasteiger partial charge in [0, 0.05) is 31.8 Å². The molecule has 0 aliphatic heterocycles. The van der Waals surface area contributed by atoms with Crippen molar-refractivity contribution in [2.45, 2.75) is 17.7 Å². The molecule has 0 heterocycles. The van der Waals surface area contributed by atoms with Gasteiger partial charge in [-0.15, -0.1) is 0 Å². The molecule has 2 aromatic rings. The Morgan fingerprint density at radius 3 is 2.48 bits per heavy atom. The molecule has 0 saturated heterocycles. The van der Waals surface area contributed by atoms with Crippen molar-refractivity contribution in [1.82, 2.24) is 4.31 Å². The van der Waals surface area contributed by atoms with E-state index in [0.717, 1.165) is 16.4 Å². The second-order valence-corrected chi connectivity index (χ2v) is 8.12. The van der Waals surface area contributed by atoms with Gasteiger partial charge in [-0.25, -0.2) is 12.7 Å². The molecular weight excluding hydrogens is 405 g/mol. The van der Waals surface area contributed by atoms with Crippen LogP contribution in [0.2, 0.25) is 0 Å². The fourth-order valence-electron chi connectivity index (χ4n) is 2.46. The van der Waals surface area contributed by atoms with E-state index in [1.165, 1.54) is 44.5 Å². The summed E-state index contributed by atoms with van der Waals surface area (Å²) in [6.07, 6.45) is 0.203. The molecule has 0 aromatic heterocycles. The summed E-state index contributed by atoms with van der Waals surface area (Å²) in [5.41, 5.74) is -0.657. The summed E-state index contributed by atoms with van der Waals surface area (Å²) < 4.78 is 44.5. The molecule has 0 bridgehead atoms. The van der Waals surface area contributed by atoms with Crippen molar-refractivity contribution in [3.05, 3.63) is 58.4 Å². The van der Waals surface area contributed by atoms with Crippen LogP contribution in [0.15, 0.2) is 47.4 Å². The third kappa shape index (κ3) is 5.72. The van der Waals surface area contributed by atoms with Gasteiger partial charge >= 0.3 is 5.69 Å². The van der Waals surface area contributed by atoms with E-state index in [1.807, 2.05) is 0 Å². The zero-order chi connectivity index (χ0) is 21.6. The molecule has 0 aliphatic rings. The van der Waals surface area contributed by atoms with Gasteiger partial charge < -0.3 is 10.1 Å². The number of hydrogen-bond acceptors (Lipinski definition) is 6. The smallest absolute Gasteiger partial charge is 0.306 e. The molecule has 0 radical (unpaired) electrons. The van der Waals surface area contributed by atoms with Crippen LogP contribution in [0.3, 0.4) is 0 Å². The lowest BCUT2D eigenvalue weighted by atomic mass is 10.2. The van der Waals surface area contributed by atoms with E-state index in [9.17, 15) is 27.7 Å². The van der Waals surface area contributed by atoms with Crippen molar-refractivity contribution in [2.24, 2.45) is 0 Å². The minimum absolute atomic E-state index is 0.0202. The number of nitro benzene ring substituents is 1. The third-order valence-electron chi connectivity index (χ3n) is 4.07. The second kappa shape index (κ2) is 9.43. The molecule has 0 saturated carbocycles. The highest BCUT2D eigenvalue weighted by molar-refractivity contribution is 7.89. The number of ether oxygens (including phenoxy) is 1. The van der Waals surface area contributed by atoms with Crippen molar-refractivity contribution >= 4 is 27.3 Å².